The van der Waals surface area contributed by atoms with Gasteiger partial charge in [0.25, 0.3) is 0 Å². The van der Waals surface area contributed by atoms with Crippen LogP contribution in [-0.2, 0) is 0 Å². The van der Waals surface area contributed by atoms with Crippen molar-refractivity contribution in [2.75, 3.05) is 19.6 Å². The molecule has 1 saturated heterocycles. The number of benzene rings is 1. The number of aromatic nitrogens is 1. The largest absolute Gasteiger partial charge is 0.358 e. The Kier molecular flexibility index (Phi) is 3.62. The predicted molar refractivity (Wildman–Crippen MR) is 81.5 cm³/mol. The Labute approximate surface area is 120 Å². The molecule has 0 aliphatic carbocycles. The van der Waals surface area contributed by atoms with E-state index in [1.165, 1.54) is 29.7 Å². The molecule has 0 saturated carbocycles. The van der Waals surface area contributed by atoms with Crippen molar-refractivity contribution in [3.05, 3.63) is 35.0 Å². The number of Topliss-reactive ketones (excluding diaryl/α,β-unsaturated/α-hetero) is 1. The Morgan fingerprint density at radius 2 is 1.95 bits per heavy atom. The van der Waals surface area contributed by atoms with Gasteiger partial charge in [-0.05, 0) is 44.7 Å². The second-order valence-electron chi connectivity index (χ2n) is 6.08. The van der Waals surface area contributed by atoms with Crippen LogP contribution in [0.5, 0.6) is 0 Å². The number of carbonyl (C=O) groups is 1. The second kappa shape index (κ2) is 5.41. The summed E-state index contributed by atoms with van der Waals surface area (Å²) in [5, 5.41) is 1.08. The first kappa shape index (κ1) is 13.4. The molecule has 1 aromatic heterocycles. The van der Waals surface area contributed by atoms with Crippen LogP contribution in [0.2, 0.25) is 0 Å². The molecular formula is C17H23N2O+. The molecule has 2 heterocycles. The number of carbonyl (C=O) groups excluding carboxylic acids is 1. The summed E-state index contributed by atoms with van der Waals surface area (Å²) in [6, 6.07) is 6.28. The number of rotatable bonds is 3. The number of aryl methyl sites for hydroxylation is 2. The lowest BCUT2D eigenvalue weighted by atomic mass is 10.0. The summed E-state index contributed by atoms with van der Waals surface area (Å²) in [5.74, 6) is 0.287. The summed E-state index contributed by atoms with van der Waals surface area (Å²) in [7, 11) is 0. The van der Waals surface area contributed by atoms with Crippen molar-refractivity contribution in [1.29, 1.82) is 0 Å². The summed E-state index contributed by atoms with van der Waals surface area (Å²) in [4.78, 5) is 17.5. The zero-order valence-electron chi connectivity index (χ0n) is 12.4. The van der Waals surface area contributed by atoms with E-state index in [-0.39, 0.29) is 5.78 Å². The van der Waals surface area contributed by atoms with Gasteiger partial charge in [-0.1, -0.05) is 12.1 Å². The molecule has 20 heavy (non-hydrogen) atoms. The summed E-state index contributed by atoms with van der Waals surface area (Å²) < 4.78 is 0. The van der Waals surface area contributed by atoms with Gasteiger partial charge < -0.3 is 9.88 Å². The highest BCUT2D eigenvalue weighted by atomic mass is 16.1. The van der Waals surface area contributed by atoms with Crippen LogP contribution in [0.3, 0.4) is 0 Å². The second-order valence-corrected chi connectivity index (χ2v) is 6.08. The fourth-order valence-electron chi connectivity index (χ4n) is 3.35. The Hall–Kier alpha value is -1.61. The lowest BCUT2D eigenvalue weighted by Crippen LogP contribution is -3.13. The first-order chi connectivity index (χ1) is 9.65. The first-order valence-electron chi connectivity index (χ1n) is 7.61. The highest BCUT2D eigenvalue weighted by molar-refractivity contribution is 6.09. The maximum Gasteiger partial charge on any atom is 0.219 e. The molecule has 3 rings (SSSR count). The number of nitrogens with one attached hydrogen (secondary N) is 2. The standard InChI is InChI=1S/C17H22N2O/c1-12-6-7-14-15(10-12)18-13(2)17(14)16(20)11-19-8-4-3-5-9-19/h6-7,10,18H,3-5,8-9,11H2,1-2H3/p+1. The highest BCUT2D eigenvalue weighted by Gasteiger charge is 2.22. The van der Waals surface area contributed by atoms with E-state index in [1.54, 1.807) is 0 Å². The van der Waals surface area contributed by atoms with Gasteiger partial charge >= 0.3 is 0 Å². The molecule has 1 aliphatic rings. The van der Waals surface area contributed by atoms with E-state index in [2.05, 4.69) is 30.1 Å². The topological polar surface area (TPSA) is 37.3 Å². The fourth-order valence-corrected chi connectivity index (χ4v) is 3.35. The first-order valence-corrected chi connectivity index (χ1v) is 7.61. The van der Waals surface area contributed by atoms with Gasteiger partial charge in [-0.2, -0.15) is 0 Å². The van der Waals surface area contributed by atoms with Gasteiger partial charge in [-0.25, -0.2) is 0 Å². The smallest absolute Gasteiger partial charge is 0.219 e. The van der Waals surface area contributed by atoms with Crippen LogP contribution in [0, 0.1) is 13.8 Å². The Morgan fingerprint density at radius 1 is 1.20 bits per heavy atom. The lowest BCUT2D eigenvalue weighted by molar-refractivity contribution is -0.896. The molecule has 0 atom stereocenters. The zero-order valence-corrected chi connectivity index (χ0v) is 12.4. The molecule has 106 valence electrons. The molecule has 2 aromatic rings. The summed E-state index contributed by atoms with van der Waals surface area (Å²) >= 11 is 0. The summed E-state index contributed by atoms with van der Waals surface area (Å²) in [6.07, 6.45) is 3.84. The van der Waals surface area contributed by atoms with E-state index >= 15 is 0 Å². The summed E-state index contributed by atoms with van der Waals surface area (Å²) in [5.41, 5.74) is 4.21. The van der Waals surface area contributed by atoms with Gasteiger partial charge in [0.1, 0.15) is 6.54 Å². The molecule has 0 unspecified atom stereocenters. The molecule has 0 spiro atoms. The lowest BCUT2D eigenvalue weighted by Gasteiger charge is -2.22. The number of quaternary nitrogens is 1. The van der Waals surface area contributed by atoms with E-state index in [0.29, 0.717) is 6.54 Å². The Morgan fingerprint density at radius 3 is 2.70 bits per heavy atom. The maximum absolute atomic E-state index is 12.7. The normalized spacial score (nSPS) is 16.7. The molecule has 2 N–H and O–H groups in total. The quantitative estimate of drug-likeness (QED) is 0.824. The van der Waals surface area contributed by atoms with E-state index < -0.39 is 0 Å². The third-order valence-corrected chi connectivity index (χ3v) is 4.39. The molecule has 0 amide bonds. The zero-order chi connectivity index (χ0) is 14.1. The summed E-state index contributed by atoms with van der Waals surface area (Å²) in [6.45, 7) is 7.02. The molecule has 1 aliphatic heterocycles. The Bertz CT molecular complexity index is 636. The molecule has 1 aromatic carbocycles. The van der Waals surface area contributed by atoms with Gasteiger partial charge in [0.15, 0.2) is 0 Å². The predicted octanol–water partition coefficient (Wildman–Crippen LogP) is 2.04. The fraction of sp³-hybridized carbons (Fsp3) is 0.471. The van der Waals surface area contributed by atoms with Crippen molar-refractivity contribution < 1.29 is 9.69 Å². The number of hydrogen-bond acceptors (Lipinski definition) is 1. The van der Waals surface area contributed by atoms with E-state index in [9.17, 15) is 4.79 Å². The van der Waals surface area contributed by atoms with Gasteiger partial charge in [0.05, 0.1) is 18.7 Å². The molecule has 0 radical (unpaired) electrons. The molecule has 3 heteroatoms. The highest BCUT2D eigenvalue weighted by Crippen LogP contribution is 2.23. The maximum atomic E-state index is 12.7. The number of H-pyrrole nitrogens is 1. The molecule has 0 bridgehead atoms. The van der Waals surface area contributed by atoms with Gasteiger partial charge in [-0.3, -0.25) is 4.79 Å². The van der Waals surface area contributed by atoms with Crippen molar-refractivity contribution in [3.8, 4) is 0 Å². The number of ketones is 1. The van der Waals surface area contributed by atoms with Crippen LogP contribution in [-0.4, -0.2) is 30.4 Å². The molecule has 3 nitrogen and oxygen atoms in total. The van der Waals surface area contributed by atoms with Crippen LogP contribution in [0.25, 0.3) is 10.9 Å². The van der Waals surface area contributed by atoms with Crippen LogP contribution in [0.1, 0.15) is 40.9 Å². The van der Waals surface area contributed by atoms with Crippen LogP contribution in [0.15, 0.2) is 18.2 Å². The van der Waals surface area contributed by atoms with E-state index in [0.717, 1.165) is 35.2 Å². The van der Waals surface area contributed by atoms with Crippen LogP contribution in [0.4, 0.5) is 0 Å². The van der Waals surface area contributed by atoms with Crippen molar-refractivity contribution in [2.24, 2.45) is 0 Å². The number of piperidine rings is 1. The van der Waals surface area contributed by atoms with Gasteiger partial charge in [0, 0.05) is 16.6 Å². The van der Waals surface area contributed by atoms with E-state index in [1.807, 2.05) is 6.92 Å². The van der Waals surface area contributed by atoms with Gasteiger partial charge in [0.2, 0.25) is 5.78 Å². The average molecular weight is 271 g/mol. The monoisotopic (exact) mass is 271 g/mol. The van der Waals surface area contributed by atoms with Crippen molar-refractivity contribution in [3.63, 3.8) is 0 Å². The number of likely N-dealkylation sites (tertiary alicyclic amines) is 1. The number of aromatic amines is 1. The van der Waals surface area contributed by atoms with Crippen molar-refractivity contribution in [2.45, 2.75) is 33.1 Å². The average Bonchev–Trinajstić information content (AvgIpc) is 2.74. The molecular weight excluding hydrogens is 248 g/mol. The van der Waals surface area contributed by atoms with E-state index in [4.69, 9.17) is 0 Å². The van der Waals surface area contributed by atoms with Crippen LogP contribution >= 0.6 is 0 Å². The molecule has 1 fully saturated rings. The van der Waals surface area contributed by atoms with Crippen molar-refractivity contribution in [1.82, 2.24) is 4.98 Å². The van der Waals surface area contributed by atoms with Gasteiger partial charge in [-0.15, -0.1) is 0 Å². The number of fused-ring (bicyclic) bond motifs is 1. The van der Waals surface area contributed by atoms with Crippen molar-refractivity contribution >= 4 is 16.7 Å². The third-order valence-electron chi connectivity index (χ3n) is 4.39. The number of hydrogen-bond donors (Lipinski definition) is 2. The van der Waals surface area contributed by atoms with Crippen LogP contribution < -0.4 is 4.90 Å². The third kappa shape index (κ3) is 2.50. The minimum Gasteiger partial charge on any atom is -0.358 e. The SMILES string of the molecule is Cc1ccc2c(C(=O)C[NH+]3CCCCC3)c(C)[nH]c2c1. The minimum atomic E-state index is 0.287. The Balaban J connectivity index is 1.88. The minimum absolute atomic E-state index is 0.287.